The largest absolute Gasteiger partial charge is 0.329 e. The van der Waals surface area contributed by atoms with Crippen molar-refractivity contribution in [2.24, 2.45) is 7.05 Å². The molecule has 0 aliphatic rings. The summed E-state index contributed by atoms with van der Waals surface area (Å²) in [5.41, 5.74) is 1.07. The number of aryl methyl sites for hydroxylation is 1. The van der Waals surface area contributed by atoms with Crippen LogP contribution >= 0.6 is 11.3 Å². The molecule has 3 heterocycles. The number of thiazole rings is 1. The molecule has 3 aromatic rings. The van der Waals surface area contributed by atoms with Gasteiger partial charge in [0.1, 0.15) is 10.7 Å². The molecule has 0 aliphatic heterocycles. The second kappa shape index (κ2) is 5.33. The van der Waals surface area contributed by atoms with Crippen molar-refractivity contribution in [3.8, 4) is 10.6 Å². The summed E-state index contributed by atoms with van der Waals surface area (Å²) < 4.78 is 1.59. The summed E-state index contributed by atoms with van der Waals surface area (Å²) >= 11 is 1.25. The topological polar surface area (TPSA) is 92.7 Å². The van der Waals surface area contributed by atoms with Crippen molar-refractivity contribution in [2.45, 2.75) is 0 Å². The van der Waals surface area contributed by atoms with Crippen LogP contribution < -0.4 is 10.9 Å². The smallest absolute Gasteiger partial charge is 0.275 e. The molecule has 8 heteroatoms. The Kier molecular flexibility index (Phi) is 3.36. The minimum absolute atomic E-state index is 0.230. The number of hydrogen-bond acceptors (Lipinski definition) is 5. The lowest BCUT2D eigenvalue weighted by Gasteiger charge is -1.98. The monoisotopic (exact) mass is 301 g/mol. The van der Waals surface area contributed by atoms with E-state index in [0.29, 0.717) is 16.3 Å². The summed E-state index contributed by atoms with van der Waals surface area (Å²) in [6.07, 6.45) is 4.79. The first-order valence-corrected chi connectivity index (χ1v) is 6.95. The summed E-state index contributed by atoms with van der Waals surface area (Å²) in [6, 6.07) is 3.38. The molecule has 0 unspecified atom stereocenters. The van der Waals surface area contributed by atoms with Gasteiger partial charge < -0.3 is 10.3 Å². The predicted molar refractivity (Wildman–Crippen MR) is 79.3 cm³/mol. The van der Waals surface area contributed by atoms with E-state index in [1.807, 2.05) is 0 Å². The molecule has 0 spiro atoms. The highest BCUT2D eigenvalue weighted by atomic mass is 32.1. The molecular formula is C13H11N5O2S. The first-order chi connectivity index (χ1) is 10.1. The molecule has 0 aliphatic carbocycles. The van der Waals surface area contributed by atoms with E-state index in [4.69, 9.17) is 0 Å². The Balaban J connectivity index is 1.83. The molecule has 0 atom stereocenters. The van der Waals surface area contributed by atoms with Crippen molar-refractivity contribution in [2.75, 3.05) is 5.32 Å². The number of rotatable bonds is 3. The Hall–Kier alpha value is -2.74. The molecule has 106 valence electrons. The summed E-state index contributed by atoms with van der Waals surface area (Å²) in [5.74, 6) is -0.335. The van der Waals surface area contributed by atoms with E-state index in [2.05, 4.69) is 20.4 Å². The van der Waals surface area contributed by atoms with Gasteiger partial charge in [-0.05, 0) is 12.1 Å². The first kappa shape index (κ1) is 13.3. The van der Waals surface area contributed by atoms with Gasteiger partial charge in [0.05, 0.1) is 17.4 Å². The van der Waals surface area contributed by atoms with E-state index in [-0.39, 0.29) is 17.2 Å². The normalized spacial score (nSPS) is 10.5. The SMILES string of the molecule is Cn1cc(NC(=O)c2csc(-c3ccc[nH]c3=O)n2)cn1. The van der Waals surface area contributed by atoms with Crippen molar-refractivity contribution >= 4 is 22.9 Å². The molecule has 2 N–H and O–H groups in total. The minimum Gasteiger partial charge on any atom is -0.329 e. The van der Waals surface area contributed by atoms with Gasteiger partial charge in [0.2, 0.25) is 0 Å². The van der Waals surface area contributed by atoms with Crippen LogP contribution in [-0.2, 0) is 7.05 Å². The second-order valence-electron chi connectivity index (χ2n) is 4.31. The van der Waals surface area contributed by atoms with Crippen LogP contribution in [0.3, 0.4) is 0 Å². The fraction of sp³-hybridized carbons (Fsp3) is 0.0769. The Bertz CT molecular complexity index is 848. The molecule has 0 aromatic carbocycles. The van der Waals surface area contributed by atoms with Gasteiger partial charge in [-0.25, -0.2) is 4.98 Å². The molecule has 0 saturated carbocycles. The van der Waals surface area contributed by atoms with Gasteiger partial charge in [-0.15, -0.1) is 11.3 Å². The third-order valence-electron chi connectivity index (χ3n) is 2.75. The molecule has 3 aromatic heterocycles. The molecule has 0 saturated heterocycles. The van der Waals surface area contributed by atoms with E-state index >= 15 is 0 Å². The van der Waals surface area contributed by atoms with Gasteiger partial charge in [0, 0.05) is 24.8 Å². The van der Waals surface area contributed by atoms with Crippen molar-refractivity contribution in [3.05, 3.63) is 52.2 Å². The summed E-state index contributed by atoms with van der Waals surface area (Å²) in [5, 5.41) is 8.79. The molecule has 1 amide bonds. The average molecular weight is 301 g/mol. The highest BCUT2D eigenvalue weighted by molar-refractivity contribution is 7.13. The highest BCUT2D eigenvalue weighted by Crippen LogP contribution is 2.20. The maximum absolute atomic E-state index is 12.1. The molecule has 7 nitrogen and oxygen atoms in total. The Labute approximate surface area is 123 Å². The Morgan fingerprint density at radius 2 is 2.33 bits per heavy atom. The zero-order chi connectivity index (χ0) is 14.8. The maximum Gasteiger partial charge on any atom is 0.275 e. The standard InChI is InChI=1S/C13H11N5O2S/c1-18-6-8(5-15-18)16-12(20)10-7-21-13(17-10)9-3-2-4-14-11(9)19/h2-7H,1H3,(H,14,19)(H,16,20). The number of carbonyl (C=O) groups is 1. The van der Waals surface area contributed by atoms with Gasteiger partial charge in [-0.3, -0.25) is 14.3 Å². The number of pyridine rings is 1. The number of nitrogens with one attached hydrogen (secondary N) is 2. The highest BCUT2D eigenvalue weighted by Gasteiger charge is 2.14. The van der Waals surface area contributed by atoms with Crippen molar-refractivity contribution in [1.29, 1.82) is 0 Å². The number of nitrogens with zero attached hydrogens (tertiary/aromatic N) is 3. The summed E-state index contributed by atoms with van der Waals surface area (Å²) in [7, 11) is 1.76. The van der Waals surface area contributed by atoms with Crippen LogP contribution in [0.25, 0.3) is 10.6 Å². The second-order valence-corrected chi connectivity index (χ2v) is 5.17. The van der Waals surface area contributed by atoms with Gasteiger partial charge in [0.15, 0.2) is 0 Å². The number of H-pyrrole nitrogens is 1. The number of aromatic nitrogens is 4. The zero-order valence-electron chi connectivity index (χ0n) is 11.0. The lowest BCUT2D eigenvalue weighted by molar-refractivity contribution is 0.102. The lowest BCUT2D eigenvalue weighted by Crippen LogP contribution is -2.12. The minimum atomic E-state index is -0.335. The number of amides is 1. The molecule has 3 rings (SSSR count). The zero-order valence-corrected chi connectivity index (χ0v) is 11.8. The van der Waals surface area contributed by atoms with Crippen LogP contribution in [-0.4, -0.2) is 25.7 Å². The molecule has 21 heavy (non-hydrogen) atoms. The van der Waals surface area contributed by atoms with Crippen molar-refractivity contribution in [1.82, 2.24) is 19.7 Å². The summed E-state index contributed by atoms with van der Waals surface area (Å²) in [4.78, 5) is 30.5. The van der Waals surface area contributed by atoms with Crippen LogP contribution in [0.15, 0.2) is 40.9 Å². The molecular weight excluding hydrogens is 290 g/mol. The van der Waals surface area contributed by atoms with Crippen LogP contribution in [0.1, 0.15) is 10.5 Å². The Morgan fingerprint density at radius 3 is 3.05 bits per heavy atom. The quantitative estimate of drug-likeness (QED) is 0.766. The molecule has 0 bridgehead atoms. The summed E-state index contributed by atoms with van der Waals surface area (Å²) in [6.45, 7) is 0. The van der Waals surface area contributed by atoms with E-state index < -0.39 is 0 Å². The van der Waals surface area contributed by atoms with Crippen LogP contribution in [0.2, 0.25) is 0 Å². The Morgan fingerprint density at radius 1 is 1.48 bits per heavy atom. The predicted octanol–water partition coefficient (Wildman–Crippen LogP) is 1.48. The third kappa shape index (κ3) is 2.75. The van der Waals surface area contributed by atoms with Crippen LogP contribution in [0.5, 0.6) is 0 Å². The fourth-order valence-electron chi connectivity index (χ4n) is 1.77. The fourth-order valence-corrected chi connectivity index (χ4v) is 2.59. The van der Waals surface area contributed by atoms with E-state index in [1.54, 1.807) is 47.8 Å². The van der Waals surface area contributed by atoms with Crippen molar-refractivity contribution in [3.63, 3.8) is 0 Å². The number of anilines is 1. The number of carbonyl (C=O) groups excluding carboxylic acids is 1. The van der Waals surface area contributed by atoms with Crippen LogP contribution in [0.4, 0.5) is 5.69 Å². The van der Waals surface area contributed by atoms with Gasteiger partial charge in [-0.1, -0.05) is 0 Å². The third-order valence-corrected chi connectivity index (χ3v) is 3.62. The number of hydrogen-bond donors (Lipinski definition) is 2. The van der Waals surface area contributed by atoms with Crippen LogP contribution in [0, 0.1) is 0 Å². The number of aromatic amines is 1. The van der Waals surface area contributed by atoms with E-state index in [1.165, 1.54) is 11.3 Å². The van der Waals surface area contributed by atoms with Gasteiger partial charge in [-0.2, -0.15) is 5.10 Å². The maximum atomic E-state index is 12.1. The molecule has 0 fully saturated rings. The average Bonchev–Trinajstić information content (AvgIpc) is 3.09. The first-order valence-electron chi connectivity index (χ1n) is 6.07. The van der Waals surface area contributed by atoms with Crippen molar-refractivity contribution < 1.29 is 4.79 Å². The van der Waals surface area contributed by atoms with E-state index in [0.717, 1.165) is 0 Å². The van der Waals surface area contributed by atoms with Gasteiger partial charge in [0.25, 0.3) is 11.5 Å². The lowest BCUT2D eigenvalue weighted by atomic mass is 10.3. The van der Waals surface area contributed by atoms with Gasteiger partial charge >= 0.3 is 0 Å². The molecule has 0 radical (unpaired) electrons. The van der Waals surface area contributed by atoms with E-state index in [9.17, 15) is 9.59 Å².